The Morgan fingerprint density at radius 2 is 1.84 bits per heavy atom. The summed E-state index contributed by atoms with van der Waals surface area (Å²) in [5.74, 6) is 0.921. The van der Waals surface area contributed by atoms with Gasteiger partial charge in [0.25, 0.3) is 0 Å². The number of carbonyl (C=O) groups excluding carboxylic acids is 2. The van der Waals surface area contributed by atoms with E-state index in [9.17, 15) is 9.59 Å². The Morgan fingerprint density at radius 1 is 1.06 bits per heavy atom. The molecule has 0 saturated heterocycles. The number of thiophene rings is 1. The van der Waals surface area contributed by atoms with Gasteiger partial charge in [0.1, 0.15) is 5.75 Å². The summed E-state index contributed by atoms with van der Waals surface area (Å²) in [4.78, 5) is 25.2. The van der Waals surface area contributed by atoms with E-state index in [-0.39, 0.29) is 5.92 Å². The molecule has 2 amide bonds. The van der Waals surface area contributed by atoms with Crippen molar-refractivity contribution in [2.24, 2.45) is 5.92 Å². The van der Waals surface area contributed by atoms with Crippen LogP contribution in [0.5, 0.6) is 11.5 Å². The number of ether oxygens (including phenoxy) is 3. The number of esters is 1. The molecule has 0 bridgehead atoms. The summed E-state index contributed by atoms with van der Waals surface area (Å²) in [5.41, 5.74) is 1.15. The van der Waals surface area contributed by atoms with Gasteiger partial charge in [-0.05, 0) is 43.2 Å². The smallest absolute Gasteiger partial charge is 0.351 e. The van der Waals surface area contributed by atoms with Crippen molar-refractivity contribution in [2.75, 3.05) is 31.0 Å². The standard InChI is InChI=1S/C23H26N2O5S/c1-5-29-18-9-7-6-8-17(18)25-23(27)24-15-10-11-19-16(12-15)20(30-13-14(2)3)21(31-19)22(26)28-4/h6-12,14H,5,13H2,1-4H3,(H2,24,25,27). The molecule has 0 aliphatic rings. The molecule has 3 rings (SSSR count). The maximum absolute atomic E-state index is 12.6. The lowest BCUT2D eigenvalue weighted by Crippen LogP contribution is -2.19. The second-order valence-electron chi connectivity index (χ2n) is 7.18. The number of anilines is 2. The summed E-state index contributed by atoms with van der Waals surface area (Å²) < 4.78 is 17.3. The van der Waals surface area contributed by atoms with Crippen molar-refractivity contribution in [1.82, 2.24) is 0 Å². The van der Waals surface area contributed by atoms with Crippen LogP contribution in [0, 0.1) is 5.92 Å². The van der Waals surface area contributed by atoms with E-state index in [1.165, 1.54) is 18.4 Å². The Kier molecular flexibility index (Phi) is 7.36. The van der Waals surface area contributed by atoms with Gasteiger partial charge < -0.3 is 24.8 Å². The molecule has 0 atom stereocenters. The van der Waals surface area contributed by atoms with Gasteiger partial charge in [-0.15, -0.1) is 11.3 Å². The fourth-order valence-corrected chi connectivity index (χ4v) is 3.95. The average molecular weight is 443 g/mol. The van der Waals surface area contributed by atoms with Gasteiger partial charge in [-0.2, -0.15) is 0 Å². The third-order valence-corrected chi connectivity index (χ3v) is 5.40. The van der Waals surface area contributed by atoms with Crippen LogP contribution in [-0.4, -0.2) is 32.3 Å². The van der Waals surface area contributed by atoms with Crippen molar-refractivity contribution in [3.63, 3.8) is 0 Å². The second kappa shape index (κ2) is 10.2. The summed E-state index contributed by atoms with van der Waals surface area (Å²) in [6.07, 6.45) is 0. The number of amides is 2. The maximum Gasteiger partial charge on any atom is 0.351 e. The highest BCUT2D eigenvalue weighted by atomic mass is 32.1. The largest absolute Gasteiger partial charge is 0.492 e. The average Bonchev–Trinajstić information content (AvgIpc) is 3.11. The van der Waals surface area contributed by atoms with Crippen molar-refractivity contribution in [2.45, 2.75) is 20.8 Å². The summed E-state index contributed by atoms with van der Waals surface area (Å²) >= 11 is 1.30. The molecule has 3 aromatic rings. The molecule has 0 radical (unpaired) electrons. The fourth-order valence-electron chi connectivity index (χ4n) is 2.91. The van der Waals surface area contributed by atoms with Gasteiger partial charge in [-0.25, -0.2) is 9.59 Å². The zero-order chi connectivity index (χ0) is 22.4. The Hall–Kier alpha value is -3.26. The van der Waals surface area contributed by atoms with Crippen LogP contribution >= 0.6 is 11.3 Å². The van der Waals surface area contributed by atoms with E-state index in [1.54, 1.807) is 24.3 Å². The van der Waals surface area contributed by atoms with Crippen molar-refractivity contribution in [3.05, 3.63) is 47.3 Å². The van der Waals surface area contributed by atoms with Gasteiger partial charge in [0, 0.05) is 15.8 Å². The highest BCUT2D eigenvalue weighted by Gasteiger charge is 2.21. The normalized spacial score (nSPS) is 10.7. The molecule has 7 nitrogen and oxygen atoms in total. The Morgan fingerprint density at radius 3 is 2.55 bits per heavy atom. The zero-order valence-corrected chi connectivity index (χ0v) is 18.8. The Labute approximate surface area is 185 Å². The zero-order valence-electron chi connectivity index (χ0n) is 18.0. The number of para-hydroxylation sites is 2. The van der Waals surface area contributed by atoms with Crippen LogP contribution in [0.15, 0.2) is 42.5 Å². The first-order valence-electron chi connectivity index (χ1n) is 10.00. The number of fused-ring (bicyclic) bond motifs is 1. The number of urea groups is 1. The first-order valence-corrected chi connectivity index (χ1v) is 10.8. The second-order valence-corrected chi connectivity index (χ2v) is 8.23. The van der Waals surface area contributed by atoms with Gasteiger partial charge in [0.05, 0.1) is 26.0 Å². The summed E-state index contributed by atoms with van der Waals surface area (Å²) in [7, 11) is 1.34. The molecule has 0 saturated carbocycles. The third-order valence-electron chi connectivity index (χ3n) is 4.27. The van der Waals surface area contributed by atoms with E-state index in [0.717, 1.165) is 10.1 Å². The summed E-state index contributed by atoms with van der Waals surface area (Å²) in [6.45, 7) is 6.90. The van der Waals surface area contributed by atoms with Crippen LogP contribution in [-0.2, 0) is 4.74 Å². The molecular weight excluding hydrogens is 416 g/mol. The number of hydrogen-bond donors (Lipinski definition) is 2. The van der Waals surface area contributed by atoms with Crippen LogP contribution < -0.4 is 20.1 Å². The van der Waals surface area contributed by atoms with E-state index < -0.39 is 12.0 Å². The minimum atomic E-state index is -0.445. The van der Waals surface area contributed by atoms with Gasteiger partial charge in [0.2, 0.25) is 0 Å². The first kappa shape index (κ1) is 22.4. The molecule has 2 aromatic carbocycles. The van der Waals surface area contributed by atoms with Crippen molar-refractivity contribution >= 4 is 44.8 Å². The summed E-state index contributed by atoms with van der Waals surface area (Å²) in [5, 5.41) is 6.37. The lowest BCUT2D eigenvalue weighted by atomic mass is 10.2. The van der Waals surface area contributed by atoms with Gasteiger partial charge in [-0.3, -0.25) is 0 Å². The van der Waals surface area contributed by atoms with Gasteiger partial charge in [0.15, 0.2) is 10.6 Å². The number of methoxy groups -OCH3 is 1. The Balaban J connectivity index is 1.85. The third kappa shape index (κ3) is 5.46. The topological polar surface area (TPSA) is 85.9 Å². The van der Waals surface area contributed by atoms with Crippen molar-refractivity contribution in [3.8, 4) is 11.5 Å². The van der Waals surface area contributed by atoms with Crippen LogP contribution in [0.25, 0.3) is 10.1 Å². The molecule has 1 aromatic heterocycles. The molecule has 0 spiro atoms. The molecule has 0 aliphatic carbocycles. The van der Waals surface area contributed by atoms with Gasteiger partial charge >= 0.3 is 12.0 Å². The molecule has 2 N–H and O–H groups in total. The van der Waals surface area contributed by atoms with E-state index >= 15 is 0 Å². The first-order chi connectivity index (χ1) is 14.9. The molecule has 31 heavy (non-hydrogen) atoms. The van der Waals surface area contributed by atoms with Crippen LogP contribution in [0.4, 0.5) is 16.2 Å². The molecule has 0 fully saturated rings. The number of carbonyl (C=O) groups is 2. The van der Waals surface area contributed by atoms with Crippen molar-refractivity contribution < 1.29 is 23.8 Å². The number of hydrogen-bond acceptors (Lipinski definition) is 6. The monoisotopic (exact) mass is 442 g/mol. The van der Waals surface area contributed by atoms with Crippen molar-refractivity contribution in [1.29, 1.82) is 0 Å². The lowest BCUT2D eigenvalue weighted by Gasteiger charge is -2.12. The van der Waals surface area contributed by atoms with E-state index in [2.05, 4.69) is 10.6 Å². The summed E-state index contributed by atoms with van der Waals surface area (Å²) in [6, 6.07) is 12.2. The van der Waals surface area contributed by atoms with Crippen LogP contribution in [0.2, 0.25) is 0 Å². The van der Waals surface area contributed by atoms with Crippen LogP contribution in [0.3, 0.4) is 0 Å². The number of rotatable bonds is 8. The number of benzene rings is 2. The molecule has 0 unspecified atom stereocenters. The minimum absolute atomic E-state index is 0.290. The predicted octanol–water partition coefficient (Wildman–Crippen LogP) is 5.77. The fraction of sp³-hybridized carbons (Fsp3) is 0.304. The highest BCUT2D eigenvalue weighted by Crippen LogP contribution is 2.40. The molecular formula is C23H26N2O5S. The number of nitrogens with one attached hydrogen (secondary N) is 2. The highest BCUT2D eigenvalue weighted by molar-refractivity contribution is 7.21. The van der Waals surface area contributed by atoms with Crippen LogP contribution in [0.1, 0.15) is 30.4 Å². The lowest BCUT2D eigenvalue weighted by molar-refractivity contribution is 0.0601. The van der Waals surface area contributed by atoms with E-state index in [1.807, 2.05) is 39.0 Å². The quantitative estimate of drug-likeness (QED) is 0.433. The molecule has 1 heterocycles. The maximum atomic E-state index is 12.6. The van der Waals surface area contributed by atoms with Gasteiger partial charge in [-0.1, -0.05) is 26.0 Å². The molecule has 164 valence electrons. The SMILES string of the molecule is CCOc1ccccc1NC(=O)Nc1ccc2sc(C(=O)OC)c(OCC(C)C)c2c1. The Bertz CT molecular complexity index is 1080. The van der Waals surface area contributed by atoms with E-state index in [0.29, 0.717) is 41.0 Å². The predicted molar refractivity (Wildman–Crippen MR) is 124 cm³/mol. The molecule has 0 aliphatic heterocycles. The minimum Gasteiger partial charge on any atom is -0.492 e. The van der Waals surface area contributed by atoms with E-state index in [4.69, 9.17) is 14.2 Å². The molecule has 8 heteroatoms.